The zero-order chi connectivity index (χ0) is 21.9. The number of methoxy groups -OCH3 is 1. The van der Waals surface area contributed by atoms with Gasteiger partial charge in [-0.2, -0.15) is 0 Å². The number of sulfone groups is 1. The maximum Gasteiger partial charge on any atom is 0.255 e. The number of sulfonamides is 1. The normalized spacial score (nSPS) is 15.1. The van der Waals surface area contributed by atoms with E-state index in [1.165, 1.54) is 37.4 Å². The topological polar surface area (TPSA) is 119 Å². The van der Waals surface area contributed by atoms with Crippen molar-refractivity contribution in [3.05, 3.63) is 48.0 Å². The van der Waals surface area contributed by atoms with Crippen LogP contribution in [0.15, 0.2) is 52.3 Å². The molecule has 0 spiro atoms. The summed E-state index contributed by atoms with van der Waals surface area (Å²) in [5, 5.41) is 2.55. The summed E-state index contributed by atoms with van der Waals surface area (Å²) in [6.45, 7) is 0. The first-order valence-electron chi connectivity index (χ1n) is 9.42. The second-order valence-corrected chi connectivity index (χ2v) is 10.9. The summed E-state index contributed by atoms with van der Waals surface area (Å²) in [6, 6.07) is 9.93. The van der Waals surface area contributed by atoms with Crippen LogP contribution < -0.4 is 14.8 Å². The van der Waals surface area contributed by atoms with Gasteiger partial charge in [0, 0.05) is 17.9 Å². The highest BCUT2D eigenvalue weighted by molar-refractivity contribution is 7.91. The minimum atomic E-state index is -3.90. The molecule has 0 heterocycles. The van der Waals surface area contributed by atoms with E-state index in [1.54, 1.807) is 12.1 Å². The van der Waals surface area contributed by atoms with Crippen LogP contribution in [-0.4, -0.2) is 42.2 Å². The minimum absolute atomic E-state index is 0.0254. The van der Waals surface area contributed by atoms with Crippen LogP contribution in [0.2, 0.25) is 0 Å². The monoisotopic (exact) mass is 452 g/mol. The molecule has 0 saturated heterocycles. The molecule has 1 aliphatic carbocycles. The molecule has 0 radical (unpaired) electrons. The van der Waals surface area contributed by atoms with Gasteiger partial charge in [-0.15, -0.1) is 0 Å². The fraction of sp³-hybridized carbons (Fsp3) is 0.350. The number of para-hydroxylation sites is 1. The van der Waals surface area contributed by atoms with Gasteiger partial charge in [0.1, 0.15) is 10.6 Å². The van der Waals surface area contributed by atoms with Crippen molar-refractivity contribution in [1.82, 2.24) is 4.72 Å². The van der Waals surface area contributed by atoms with Crippen molar-refractivity contribution in [3.8, 4) is 5.75 Å². The number of carbonyl (C=O) groups is 1. The molecule has 2 aromatic rings. The summed E-state index contributed by atoms with van der Waals surface area (Å²) >= 11 is 0. The van der Waals surface area contributed by atoms with E-state index in [0.717, 1.165) is 31.9 Å². The standard InChI is InChI=1S/C20H24N2O6S2/c1-28-17-12-11-14(13-19(17)30(26,27)22-15-7-3-4-8-15)20(23)21-16-9-5-6-10-18(16)29(2,24)25/h5-6,9-13,15,22H,3-4,7-8H2,1-2H3,(H,21,23). The van der Waals surface area contributed by atoms with Crippen molar-refractivity contribution in [1.29, 1.82) is 0 Å². The molecule has 10 heteroatoms. The summed E-state index contributed by atoms with van der Waals surface area (Å²) in [4.78, 5) is 12.6. The summed E-state index contributed by atoms with van der Waals surface area (Å²) in [5.74, 6) is -0.514. The van der Waals surface area contributed by atoms with Crippen molar-refractivity contribution in [3.63, 3.8) is 0 Å². The molecule has 30 heavy (non-hydrogen) atoms. The molecule has 1 fully saturated rings. The molecule has 3 rings (SSSR count). The lowest BCUT2D eigenvalue weighted by molar-refractivity contribution is 0.102. The summed E-state index contributed by atoms with van der Waals surface area (Å²) in [6.07, 6.45) is 4.51. The number of amides is 1. The Morgan fingerprint density at radius 1 is 1.00 bits per heavy atom. The first-order valence-corrected chi connectivity index (χ1v) is 12.8. The highest BCUT2D eigenvalue weighted by atomic mass is 32.2. The fourth-order valence-electron chi connectivity index (χ4n) is 3.44. The minimum Gasteiger partial charge on any atom is -0.495 e. The van der Waals surface area contributed by atoms with Gasteiger partial charge in [0.25, 0.3) is 5.91 Å². The molecule has 2 aromatic carbocycles. The molecule has 8 nitrogen and oxygen atoms in total. The van der Waals surface area contributed by atoms with Gasteiger partial charge >= 0.3 is 0 Å². The third-order valence-corrected chi connectivity index (χ3v) is 7.62. The number of ether oxygens (including phenoxy) is 1. The highest BCUT2D eigenvalue weighted by Gasteiger charge is 2.27. The Morgan fingerprint density at radius 3 is 2.30 bits per heavy atom. The van der Waals surface area contributed by atoms with E-state index < -0.39 is 25.8 Å². The Labute approximate surface area is 176 Å². The van der Waals surface area contributed by atoms with Crippen LogP contribution in [0.4, 0.5) is 5.69 Å². The van der Waals surface area contributed by atoms with Crippen LogP contribution >= 0.6 is 0 Å². The van der Waals surface area contributed by atoms with E-state index in [1.807, 2.05) is 0 Å². The zero-order valence-electron chi connectivity index (χ0n) is 16.7. The molecular weight excluding hydrogens is 428 g/mol. The predicted octanol–water partition coefficient (Wildman–Crippen LogP) is 2.57. The lowest BCUT2D eigenvalue weighted by Gasteiger charge is -2.16. The third kappa shape index (κ3) is 5.00. The number of nitrogens with one attached hydrogen (secondary N) is 2. The smallest absolute Gasteiger partial charge is 0.255 e. The number of rotatable bonds is 7. The van der Waals surface area contributed by atoms with Crippen LogP contribution in [0.5, 0.6) is 5.75 Å². The van der Waals surface area contributed by atoms with Crippen molar-refractivity contribution in [2.24, 2.45) is 0 Å². The van der Waals surface area contributed by atoms with Gasteiger partial charge in [-0.3, -0.25) is 4.79 Å². The molecule has 0 unspecified atom stereocenters. The van der Waals surface area contributed by atoms with E-state index in [-0.39, 0.29) is 32.8 Å². The molecule has 1 aliphatic rings. The molecular formula is C20H24N2O6S2. The summed E-state index contributed by atoms with van der Waals surface area (Å²) in [7, 11) is -6.10. The number of anilines is 1. The van der Waals surface area contributed by atoms with E-state index in [0.29, 0.717) is 0 Å². The Kier molecular flexibility index (Phi) is 6.49. The molecule has 2 N–H and O–H groups in total. The Balaban J connectivity index is 1.92. The summed E-state index contributed by atoms with van der Waals surface area (Å²) < 4.78 is 57.5. The van der Waals surface area contributed by atoms with Crippen molar-refractivity contribution in [2.75, 3.05) is 18.7 Å². The SMILES string of the molecule is COc1ccc(C(=O)Nc2ccccc2S(C)(=O)=O)cc1S(=O)(=O)NC1CCCC1. The lowest BCUT2D eigenvalue weighted by Crippen LogP contribution is -2.33. The average molecular weight is 453 g/mol. The number of benzene rings is 2. The van der Waals surface area contributed by atoms with Gasteiger partial charge in [-0.25, -0.2) is 21.6 Å². The van der Waals surface area contributed by atoms with Gasteiger partial charge in [0.15, 0.2) is 9.84 Å². The van der Waals surface area contributed by atoms with Crippen LogP contribution in [0.1, 0.15) is 36.0 Å². The zero-order valence-corrected chi connectivity index (χ0v) is 18.3. The number of carbonyl (C=O) groups excluding carboxylic acids is 1. The number of hydrogen-bond donors (Lipinski definition) is 2. The van der Waals surface area contributed by atoms with Crippen LogP contribution in [0, 0.1) is 0 Å². The molecule has 0 aromatic heterocycles. The second-order valence-electron chi connectivity index (χ2n) is 7.19. The average Bonchev–Trinajstić information content (AvgIpc) is 3.19. The van der Waals surface area contributed by atoms with Crippen molar-refractivity contribution < 1.29 is 26.4 Å². The van der Waals surface area contributed by atoms with Crippen LogP contribution in [0.25, 0.3) is 0 Å². The summed E-state index contributed by atoms with van der Waals surface area (Å²) in [5.41, 5.74) is 0.181. The lowest BCUT2D eigenvalue weighted by atomic mass is 10.2. The molecule has 0 bridgehead atoms. The van der Waals surface area contributed by atoms with Crippen LogP contribution in [0.3, 0.4) is 0 Å². The van der Waals surface area contributed by atoms with Crippen molar-refractivity contribution in [2.45, 2.75) is 41.5 Å². The van der Waals surface area contributed by atoms with Gasteiger partial charge in [0.05, 0.1) is 17.7 Å². The molecule has 1 amide bonds. The maximum absolute atomic E-state index is 12.9. The Hall–Kier alpha value is -2.43. The second kappa shape index (κ2) is 8.75. The van der Waals surface area contributed by atoms with Crippen molar-refractivity contribution >= 4 is 31.5 Å². The maximum atomic E-state index is 12.9. The molecule has 1 saturated carbocycles. The first kappa shape index (κ1) is 22.3. The molecule has 0 aliphatic heterocycles. The largest absolute Gasteiger partial charge is 0.495 e. The van der Waals surface area contributed by atoms with E-state index >= 15 is 0 Å². The van der Waals surface area contributed by atoms with E-state index in [2.05, 4.69) is 10.0 Å². The third-order valence-electron chi connectivity index (χ3n) is 4.93. The quantitative estimate of drug-likeness (QED) is 0.667. The van der Waals surface area contributed by atoms with Gasteiger partial charge in [-0.05, 0) is 43.2 Å². The van der Waals surface area contributed by atoms with E-state index in [9.17, 15) is 21.6 Å². The van der Waals surface area contributed by atoms with Gasteiger partial charge in [0.2, 0.25) is 10.0 Å². The van der Waals surface area contributed by atoms with Gasteiger partial charge in [-0.1, -0.05) is 25.0 Å². The molecule has 0 atom stereocenters. The molecule has 162 valence electrons. The Morgan fingerprint density at radius 2 is 1.67 bits per heavy atom. The highest BCUT2D eigenvalue weighted by Crippen LogP contribution is 2.28. The van der Waals surface area contributed by atoms with Crippen LogP contribution in [-0.2, 0) is 19.9 Å². The first-order chi connectivity index (χ1) is 14.1. The van der Waals surface area contributed by atoms with E-state index in [4.69, 9.17) is 4.74 Å². The predicted molar refractivity (Wildman–Crippen MR) is 113 cm³/mol. The van der Waals surface area contributed by atoms with Gasteiger partial charge < -0.3 is 10.1 Å². The fourth-order valence-corrected chi connectivity index (χ4v) is 5.79. The number of hydrogen-bond acceptors (Lipinski definition) is 6. The Bertz CT molecular complexity index is 1150.